The third-order valence-electron chi connectivity index (χ3n) is 4.42. The monoisotopic (exact) mass is 327 g/mol. The fourth-order valence-electron chi connectivity index (χ4n) is 3.10. The van der Waals surface area contributed by atoms with Gasteiger partial charge in [0.15, 0.2) is 11.6 Å². The largest absolute Gasteiger partial charge is 0.450 e. The number of para-hydroxylation sites is 1. The summed E-state index contributed by atoms with van der Waals surface area (Å²) in [6.07, 6.45) is 1.25. The molecule has 0 N–H and O–H groups in total. The van der Waals surface area contributed by atoms with Crippen molar-refractivity contribution in [2.45, 2.75) is 19.9 Å². The number of morpholine rings is 1. The molecule has 1 aromatic carbocycles. The van der Waals surface area contributed by atoms with E-state index in [0.29, 0.717) is 31.3 Å². The molecular weight excluding hydrogens is 310 g/mol. The lowest BCUT2D eigenvalue weighted by Crippen LogP contribution is -2.43. The van der Waals surface area contributed by atoms with E-state index in [2.05, 4.69) is 10.1 Å². The average molecular weight is 327 g/mol. The minimum Gasteiger partial charge on any atom is -0.450 e. The summed E-state index contributed by atoms with van der Waals surface area (Å²) in [7, 11) is 0. The number of ether oxygens (including phenoxy) is 1. The standard InChI is InChI=1S/C17H17N3O4/c1-10-4-3-5-12-11(2)15(24-14(10)12)17(21)20-6-7-22-8-13(20)16-18-9-23-19-16/h3-5,9,13H,6-8H2,1-2H3/t13-/m0/s1. The van der Waals surface area contributed by atoms with Gasteiger partial charge in [0.1, 0.15) is 11.6 Å². The van der Waals surface area contributed by atoms with Gasteiger partial charge in [-0.3, -0.25) is 4.79 Å². The molecule has 1 aliphatic rings. The molecule has 0 radical (unpaired) electrons. The van der Waals surface area contributed by atoms with Crippen LogP contribution in [-0.4, -0.2) is 40.7 Å². The first-order valence-corrected chi connectivity index (χ1v) is 7.80. The Hall–Kier alpha value is -2.67. The van der Waals surface area contributed by atoms with Gasteiger partial charge in [0.05, 0.1) is 13.2 Å². The molecule has 4 rings (SSSR count). The van der Waals surface area contributed by atoms with Gasteiger partial charge in [0.25, 0.3) is 5.91 Å². The van der Waals surface area contributed by atoms with E-state index in [1.165, 1.54) is 6.39 Å². The topological polar surface area (TPSA) is 81.6 Å². The highest BCUT2D eigenvalue weighted by atomic mass is 16.5. The van der Waals surface area contributed by atoms with Crippen molar-refractivity contribution < 1.29 is 18.5 Å². The SMILES string of the molecule is Cc1c(C(=O)N2CCOC[C@H]2c2ncon2)oc2c(C)cccc12. The van der Waals surface area contributed by atoms with E-state index in [0.717, 1.165) is 22.1 Å². The summed E-state index contributed by atoms with van der Waals surface area (Å²) in [5, 5.41) is 4.82. The van der Waals surface area contributed by atoms with Crippen LogP contribution in [0.4, 0.5) is 0 Å². The Morgan fingerprint density at radius 2 is 2.21 bits per heavy atom. The number of fused-ring (bicyclic) bond motifs is 1. The Balaban J connectivity index is 1.74. The molecule has 0 aliphatic carbocycles. The van der Waals surface area contributed by atoms with E-state index in [1.807, 2.05) is 32.0 Å². The number of nitrogens with zero attached hydrogens (tertiary/aromatic N) is 3. The summed E-state index contributed by atoms with van der Waals surface area (Å²) in [6.45, 7) is 5.13. The molecule has 2 aromatic heterocycles. The fraction of sp³-hybridized carbons (Fsp3) is 0.353. The van der Waals surface area contributed by atoms with Gasteiger partial charge in [0.2, 0.25) is 6.39 Å². The van der Waals surface area contributed by atoms with Crippen molar-refractivity contribution in [3.8, 4) is 0 Å². The number of carbonyl (C=O) groups excluding carboxylic acids is 1. The van der Waals surface area contributed by atoms with Crippen molar-refractivity contribution in [1.29, 1.82) is 0 Å². The van der Waals surface area contributed by atoms with E-state index < -0.39 is 0 Å². The van der Waals surface area contributed by atoms with Gasteiger partial charge in [-0.25, -0.2) is 0 Å². The number of aryl methyl sites for hydroxylation is 2. The lowest BCUT2D eigenvalue weighted by molar-refractivity contribution is -0.00723. The predicted octanol–water partition coefficient (Wildman–Crippen LogP) is 2.65. The zero-order valence-electron chi connectivity index (χ0n) is 13.5. The molecule has 1 amide bonds. The van der Waals surface area contributed by atoms with E-state index in [-0.39, 0.29) is 11.9 Å². The third-order valence-corrected chi connectivity index (χ3v) is 4.42. The number of amides is 1. The molecule has 1 saturated heterocycles. The smallest absolute Gasteiger partial charge is 0.290 e. The van der Waals surface area contributed by atoms with Crippen molar-refractivity contribution in [1.82, 2.24) is 15.0 Å². The van der Waals surface area contributed by atoms with Gasteiger partial charge in [-0.1, -0.05) is 23.4 Å². The van der Waals surface area contributed by atoms with Crippen LogP contribution in [0.15, 0.2) is 33.5 Å². The van der Waals surface area contributed by atoms with Gasteiger partial charge < -0.3 is 18.6 Å². The lowest BCUT2D eigenvalue weighted by Gasteiger charge is -2.33. The number of furan rings is 1. The van der Waals surface area contributed by atoms with Gasteiger partial charge >= 0.3 is 0 Å². The van der Waals surface area contributed by atoms with Gasteiger partial charge in [-0.2, -0.15) is 4.98 Å². The first-order chi connectivity index (χ1) is 11.7. The Labute approximate surface area is 138 Å². The van der Waals surface area contributed by atoms with Crippen molar-refractivity contribution in [3.05, 3.63) is 47.3 Å². The lowest BCUT2D eigenvalue weighted by atomic mass is 10.1. The van der Waals surface area contributed by atoms with Gasteiger partial charge in [-0.15, -0.1) is 0 Å². The van der Waals surface area contributed by atoms with Crippen LogP contribution >= 0.6 is 0 Å². The van der Waals surface area contributed by atoms with Crippen LogP contribution in [0.25, 0.3) is 11.0 Å². The molecular formula is C17H17N3O4. The Bertz CT molecular complexity index is 885. The maximum absolute atomic E-state index is 13.1. The number of carbonyl (C=O) groups is 1. The highest BCUT2D eigenvalue weighted by molar-refractivity contribution is 5.99. The van der Waals surface area contributed by atoms with Crippen LogP contribution in [0.2, 0.25) is 0 Å². The van der Waals surface area contributed by atoms with Crippen LogP contribution < -0.4 is 0 Å². The quantitative estimate of drug-likeness (QED) is 0.720. The van der Waals surface area contributed by atoms with Crippen molar-refractivity contribution in [2.24, 2.45) is 0 Å². The zero-order valence-corrected chi connectivity index (χ0v) is 13.5. The molecule has 1 atom stereocenters. The summed E-state index contributed by atoms with van der Waals surface area (Å²) in [5.41, 5.74) is 2.60. The zero-order chi connectivity index (χ0) is 16.7. The molecule has 3 aromatic rings. The molecule has 3 heterocycles. The van der Waals surface area contributed by atoms with Gasteiger partial charge in [0, 0.05) is 17.5 Å². The van der Waals surface area contributed by atoms with Crippen molar-refractivity contribution >= 4 is 16.9 Å². The molecule has 124 valence electrons. The third kappa shape index (κ3) is 2.28. The predicted molar refractivity (Wildman–Crippen MR) is 84.6 cm³/mol. The number of aromatic nitrogens is 2. The van der Waals surface area contributed by atoms with Crippen LogP contribution in [0.5, 0.6) is 0 Å². The first kappa shape index (κ1) is 14.9. The maximum Gasteiger partial charge on any atom is 0.290 e. The van der Waals surface area contributed by atoms with Crippen LogP contribution in [0.1, 0.15) is 33.5 Å². The second kappa shape index (κ2) is 5.76. The minimum absolute atomic E-state index is 0.179. The van der Waals surface area contributed by atoms with Crippen LogP contribution in [0, 0.1) is 13.8 Å². The first-order valence-electron chi connectivity index (χ1n) is 7.80. The number of benzene rings is 1. The number of hydrogen-bond donors (Lipinski definition) is 0. The number of rotatable bonds is 2. The molecule has 1 aliphatic heterocycles. The highest BCUT2D eigenvalue weighted by Crippen LogP contribution is 2.31. The molecule has 0 saturated carbocycles. The Morgan fingerprint density at radius 3 is 2.96 bits per heavy atom. The van der Waals surface area contributed by atoms with Crippen LogP contribution in [-0.2, 0) is 4.74 Å². The van der Waals surface area contributed by atoms with Crippen LogP contribution in [0.3, 0.4) is 0 Å². The highest BCUT2D eigenvalue weighted by Gasteiger charge is 2.34. The van der Waals surface area contributed by atoms with E-state index in [1.54, 1.807) is 4.90 Å². The second-order valence-electron chi connectivity index (χ2n) is 5.89. The summed E-state index contributed by atoms with van der Waals surface area (Å²) in [6, 6.07) is 5.52. The summed E-state index contributed by atoms with van der Waals surface area (Å²) in [5.74, 6) is 0.615. The molecule has 0 unspecified atom stereocenters. The summed E-state index contributed by atoms with van der Waals surface area (Å²) >= 11 is 0. The summed E-state index contributed by atoms with van der Waals surface area (Å²) in [4.78, 5) is 18.8. The normalized spacial score (nSPS) is 18.2. The minimum atomic E-state index is -0.376. The Kier molecular flexibility index (Phi) is 3.57. The fourth-order valence-corrected chi connectivity index (χ4v) is 3.10. The second-order valence-corrected chi connectivity index (χ2v) is 5.89. The molecule has 7 nitrogen and oxygen atoms in total. The van der Waals surface area contributed by atoms with E-state index in [9.17, 15) is 4.79 Å². The van der Waals surface area contributed by atoms with Gasteiger partial charge in [-0.05, 0) is 19.4 Å². The van der Waals surface area contributed by atoms with Crippen molar-refractivity contribution in [2.75, 3.05) is 19.8 Å². The molecule has 1 fully saturated rings. The molecule has 0 bridgehead atoms. The maximum atomic E-state index is 13.1. The molecule has 24 heavy (non-hydrogen) atoms. The summed E-state index contributed by atoms with van der Waals surface area (Å²) < 4.78 is 16.2. The van der Waals surface area contributed by atoms with E-state index >= 15 is 0 Å². The number of hydrogen-bond acceptors (Lipinski definition) is 6. The van der Waals surface area contributed by atoms with E-state index in [4.69, 9.17) is 13.7 Å². The average Bonchev–Trinajstić information content (AvgIpc) is 3.24. The molecule has 7 heteroatoms. The Morgan fingerprint density at radius 1 is 1.33 bits per heavy atom. The van der Waals surface area contributed by atoms with Crippen molar-refractivity contribution in [3.63, 3.8) is 0 Å². The molecule has 0 spiro atoms.